The minimum atomic E-state index is -0.681. The van der Waals surface area contributed by atoms with Crippen molar-refractivity contribution in [3.63, 3.8) is 0 Å². The van der Waals surface area contributed by atoms with E-state index in [1.165, 1.54) is 33.5 Å². The van der Waals surface area contributed by atoms with E-state index in [4.69, 9.17) is 11.6 Å². The quantitative estimate of drug-likeness (QED) is 0.523. The van der Waals surface area contributed by atoms with Gasteiger partial charge in [-0.05, 0) is 42.0 Å². The van der Waals surface area contributed by atoms with Gasteiger partial charge in [0.05, 0.1) is 11.2 Å². The second kappa shape index (κ2) is 6.59. The lowest BCUT2D eigenvalue weighted by atomic mass is 10.1. The lowest BCUT2D eigenvalue weighted by molar-refractivity contribution is 0.580. The number of nitrogens with zero attached hydrogens (tertiary/aromatic N) is 3. The van der Waals surface area contributed by atoms with Crippen LogP contribution in [0.4, 0.5) is 8.78 Å². The van der Waals surface area contributed by atoms with E-state index >= 15 is 0 Å². The lowest BCUT2D eigenvalue weighted by Crippen LogP contribution is -2.24. The second-order valence-electron chi connectivity index (χ2n) is 5.61. The number of hydrogen-bond donors (Lipinski definition) is 0. The van der Waals surface area contributed by atoms with Gasteiger partial charge in [0.15, 0.2) is 10.3 Å². The van der Waals surface area contributed by atoms with Crippen molar-refractivity contribution in [1.82, 2.24) is 14.5 Å². The van der Waals surface area contributed by atoms with Crippen molar-refractivity contribution in [3.05, 3.63) is 86.4 Å². The van der Waals surface area contributed by atoms with E-state index in [-0.39, 0.29) is 17.5 Å². The average Bonchev–Trinajstić information content (AvgIpc) is 3.04. The van der Waals surface area contributed by atoms with E-state index in [9.17, 15) is 13.6 Å². The molecule has 0 unspecified atom stereocenters. The first kappa shape index (κ1) is 16.8. The summed E-state index contributed by atoms with van der Waals surface area (Å²) < 4.78 is 28.4. The number of fused-ring (bicyclic) bond motifs is 1. The summed E-state index contributed by atoms with van der Waals surface area (Å²) in [5, 5.41) is 0.526. The molecule has 0 bridgehead atoms. The Morgan fingerprint density at radius 3 is 2.46 bits per heavy atom. The van der Waals surface area contributed by atoms with E-state index in [2.05, 4.69) is 9.97 Å². The van der Waals surface area contributed by atoms with Gasteiger partial charge in [-0.3, -0.25) is 9.36 Å². The van der Waals surface area contributed by atoms with Gasteiger partial charge in [0.1, 0.15) is 17.5 Å². The molecular weight excluding hydrogens is 380 g/mol. The maximum Gasteiger partial charge on any atom is 0.285 e. The highest BCUT2D eigenvalue weighted by molar-refractivity contribution is 7.16. The minimum absolute atomic E-state index is 0.0837. The highest BCUT2D eigenvalue weighted by Gasteiger charge is 2.16. The van der Waals surface area contributed by atoms with Gasteiger partial charge in [0, 0.05) is 17.5 Å². The molecule has 0 atom stereocenters. The molecular formula is C18H10ClF2N3OS. The minimum Gasteiger partial charge on any atom is -0.266 e. The van der Waals surface area contributed by atoms with Crippen LogP contribution in [-0.4, -0.2) is 14.5 Å². The second-order valence-corrected chi connectivity index (χ2v) is 6.88. The van der Waals surface area contributed by atoms with E-state index in [0.717, 1.165) is 6.07 Å². The number of halogens is 3. The molecule has 4 nitrogen and oxygen atoms in total. The van der Waals surface area contributed by atoms with Crippen LogP contribution < -0.4 is 5.56 Å². The smallest absolute Gasteiger partial charge is 0.266 e. The summed E-state index contributed by atoms with van der Waals surface area (Å²) in [5.74, 6) is -1.00. The molecule has 2 aromatic heterocycles. The number of aromatic nitrogens is 3. The van der Waals surface area contributed by atoms with Gasteiger partial charge < -0.3 is 0 Å². The van der Waals surface area contributed by atoms with Crippen LogP contribution in [0.25, 0.3) is 16.0 Å². The van der Waals surface area contributed by atoms with Gasteiger partial charge in [-0.2, -0.15) is 0 Å². The van der Waals surface area contributed by atoms with Crippen molar-refractivity contribution in [2.45, 2.75) is 6.42 Å². The van der Waals surface area contributed by atoms with Crippen molar-refractivity contribution in [3.8, 4) is 5.69 Å². The molecule has 2 aromatic carbocycles. The first-order valence-electron chi connectivity index (χ1n) is 7.57. The number of benzene rings is 2. The molecule has 0 amide bonds. The molecule has 0 spiro atoms. The molecule has 0 aliphatic rings. The summed E-state index contributed by atoms with van der Waals surface area (Å²) in [4.78, 5) is 22.0. The van der Waals surface area contributed by atoms with E-state index in [1.807, 2.05) is 0 Å². The average molecular weight is 390 g/mol. The molecule has 26 heavy (non-hydrogen) atoms. The first-order valence-corrected chi connectivity index (χ1v) is 8.83. The fourth-order valence-electron chi connectivity index (χ4n) is 2.73. The highest BCUT2D eigenvalue weighted by Crippen LogP contribution is 2.20. The molecule has 0 fully saturated rings. The zero-order valence-corrected chi connectivity index (χ0v) is 14.7. The highest BCUT2D eigenvalue weighted by atomic mass is 35.5. The summed E-state index contributed by atoms with van der Waals surface area (Å²) in [6.07, 6.45) is 0.0837. The normalized spacial score (nSPS) is 11.2. The molecule has 130 valence electrons. The maximum absolute atomic E-state index is 13.5. The summed E-state index contributed by atoms with van der Waals surface area (Å²) in [5.41, 5.74) is 2.37. The first-order chi connectivity index (χ1) is 12.5. The van der Waals surface area contributed by atoms with Gasteiger partial charge in [-0.15, -0.1) is 11.3 Å². The maximum atomic E-state index is 13.5. The summed E-state index contributed by atoms with van der Waals surface area (Å²) in [7, 11) is 0. The fourth-order valence-corrected chi connectivity index (χ4v) is 3.52. The van der Waals surface area contributed by atoms with Crippen molar-refractivity contribution in [2.24, 2.45) is 0 Å². The van der Waals surface area contributed by atoms with E-state index < -0.39 is 11.6 Å². The molecule has 0 N–H and O–H groups in total. The Labute approximate surface area is 155 Å². The van der Waals surface area contributed by atoms with E-state index in [0.29, 0.717) is 26.9 Å². The standard InChI is InChI=1S/C18H10ClF2N3OS/c19-11-1-3-14(4-2-11)24-15(7-10-5-12(20)8-13(21)6-10)23-17-16(18(24)25)22-9-26-17/h1-6,8-9H,7H2. The van der Waals surface area contributed by atoms with Crippen LogP contribution >= 0.6 is 22.9 Å². The Bertz CT molecular complexity index is 1150. The number of rotatable bonds is 3. The molecule has 0 radical (unpaired) electrons. The third kappa shape index (κ3) is 3.11. The van der Waals surface area contributed by atoms with E-state index in [1.54, 1.807) is 24.3 Å². The molecule has 0 aliphatic carbocycles. The number of hydrogen-bond acceptors (Lipinski definition) is 4. The third-order valence-corrected chi connectivity index (χ3v) is 4.78. The zero-order chi connectivity index (χ0) is 18.3. The third-order valence-electron chi connectivity index (χ3n) is 3.81. The van der Waals surface area contributed by atoms with Gasteiger partial charge in [-0.1, -0.05) is 11.6 Å². The van der Waals surface area contributed by atoms with Gasteiger partial charge in [0.25, 0.3) is 5.56 Å². The van der Waals surface area contributed by atoms with Crippen LogP contribution in [0.1, 0.15) is 11.4 Å². The molecule has 0 aliphatic heterocycles. The summed E-state index contributed by atoms with van der Waals surface area (Å²) in [6.45, 7) is 0. The SMILES string of the molecule is O=c1c2ncsc2nc(Cc2cc(F)cc(F)c2)n1-c1ccc(Cl)cc1. The van der Waals surface area contributed by atoms with Gasteiger partial charge in [0.2, 0.25) is 0 Å². The molecule has 2 heterocycles. The van der Waals surface area contributed by atoms with Crippen LogP contribution in [0.2, 0.25) is 5.02 Å². The Balaban J connectivity index is 1.93. The van der Waals surface area contributed by atoms with Crippen LogP contribution in [0, 0.1) is 11.6 Å². The fraction of sp³-hybridized carbons (Fsp3) is 0.0556. The van der Waals surface area contributed by atoms with Crippen LogP contribution in [0.5, 0.6) is 0 Å². The van der Waals surface area contributed by atoms with Crippen LogP contribution in [-0.2, 0) is 6.42 Å². The lowest BCUT2D eigenvalue weighted by Gasteiger charge is -2.12. The molecule has 0 saturated carbocycles. The molecule has 4 aromatic rings. The predicted molar refractivity (Wildman–Crippen MR) is 97.2 cm³/mol. The monoisotopic (exact) mass is 389 g/mol. The predicted octanol–water partition coefficient (Wildman–Crippen LogP) is 4.36. The van der Waals surface area contributed by atoms with Crippen LogP contribution in [0.15, 0.2) is 52.8 Å². The van der Waals surface area contributed by atoms with Gasteiger partial charge >= 0.3 is 0 Å². The Hall–Kier alpha value is -2.64. The molecule has 8 heteroatoms. The van der Waals surface area contributed by atoms with Crippen molar-refractivity contribution >= 4 is 33.3 Å². The van der Waals surface area contributed by atoms with Crippen molar-refractivity contribution in [1.29, 1.82) is 0 Å². The van der Waals surface area contributed by atoms with Crippen molar-refractivity contribution in [2.75, 3.05) is 0 Å². The number of thiazole rings is 1. The zero-order valence-electron chi connectivity index (χ0n) is 13.1. The Morgan fingerprint density at radius 2 is 1.77 bits per heavy atom. The van der Waals surface area contributed by atoms with Gasteiger partial charge in [-0.25, -0.2) is 18.7 Å². The van der Waals surface area contributed by atoms with Crippen LogP contribution in [0.3, 0.4) is 0 Å². The molecule has 0 saturated heterocycles. The Kier molecular flexibility index (Phi) is 4.26. The summed E-state index contributed by atoms with van der Waals surface area (Å²) in [6, 6.07) is 9.91. The molecule has 4 rings (SSSR count). The summed E-state index contributed by atoms with van der Waals surface area (Å²) >= 11 is 7.16. The van der Waals surface area contributed by atoms with Crippen molar-refractivity contribution < 1.29 is 8.78 Å². The topological polar surface area (TPSA) is 47.8 Å². The largest absolute Gasteiger partial charge is 0.285 e. The Morgan fingerprint density at radius 1 is 1.08 bits per heavy atom.